The Bertz CT molecular complexity index is 876. The Balaban J connectivity index is 2.27. The third-order valence-electron chi connectivity index (χ3n) is 3.65. The fourth-order valence-corrected chi connectivity index (χ4v) is 3.25. The van der Waals surface area contributed by atoms with Crippen LogP contribution >= 0.6 is 23.8 Å². The van der Waals surface area contributed by atoms with Gasteiger partial charge in [-0.05, 0) is 39.1 Å². The predicted molar refractivity (Wildman–Crippen MR) is 81.9 cm³/mol. The Morgan fingerprint density at radius 1 is 1.43 bits per heavy atom. The zero-order valence-corrected chi connectivity index (χ0v) is 13.3. The van der Waals surface area contributed by atoms with Crippen LogP contribution in [0.15, 0.2) is 16.7 Å². The van der Waals surface area contributed by atoms with Gasteiger partial charge in [0, 0.05) is 11.6 Å². The van der Waals surface area contributed by atoms with E-state index >= 15 is 0 Å². The van der Waals surface area contributed by atoms with Crippen LogP contribution in [0, 0.1) is 24.4 Å². The molecule has 0 aliphatic carbocycles. The lowest BCUT2D eigenvalue weighted by Crippen LogP contribution is -2.08. The van der Waals surface area contributed by atoms with Gasteiger partial charge in [0.2, 0.25) is 0 Å². The van der Waals surface area contributed by atoms with Crippen LogP contribution in [0.1, 0.15) is 30.0 Å². The van der Waals surface area contributed by atoms with Gasteiger partial charge >= 0.3 is 0 Å². The molecule has 0 radical (unpaired) electrons. The number of benzene rings is 1. The van der Waals surface area contributed by atoms with E-state index in [2.05, 4.69) is 10.1 Å². The summed E-state index contributed by atoms with van der Waals surface area (Å²) in [6, 6.07) is 2.83. The number of rotatable bonds is 2. The number of halogens is 2. The molecule has 3 aromatic rings. The maximum absolute atomic E-state index is 13.6. The highest BCUT2D eigenvalue weighted by atomic mass is 35.5. The maximum Gasteiger partial charge on any atom is 0.178 e. The molecule has 0 fully saturated rings. The largest absolute Gasteiger partial charge is 0.361 e. The molecule has 1 atom stereocenters. The summed E-state index contributed by atoms with van der Waals surface area (Å²) >= 11 is 11.3. The van der Waals surface area contributed by atoms with Crippen molar-refractivity contribution in [3.63, 3.8) is 0 Å². The minimum Gasteiger partial charge on any atom is -0.361 e. The van der Waals surface area contributed by atoms with Gasteiger partial charge in [-0.15, -0.1) is 0 Å². The zero-order valence-electron chi connectivity index (χ0n) is 11.7. The molecule has 2 heterocycles. The average molecular weight is 326 g/mol. The van der Waals surface area contributed by atoms with Crippen molar-refractivity contribution in [1.82, 2.24) is 14.7 Å². The second kappa shape index (κ2) is 4.96. The van der Waals surface area contributed by atoms with E-state index in [1.54, 1.807) is 6.07 Å². The van der Waals surface area contributed by atoms with Gasteiger partial charge in [-0.3, -0.25) is 0 Å². The molecule has 3 rings (SSSR count). The molecule has 4 nitrogen and oxygen atoms in total. The second-order valence-electron chi connectivity index (χ2n) is 5.00. The molecule has 110 valence electrons. The molecule has 0 spiro atoms. The van der Waals surface area contributed by atoms with Crippen LogP contribution in [0.2, 0.25) is 5.02 Å². The Hall–Kier alpha value is -1.66. The zero-order chi connectivity index (χ0) is 15.3. The Morgan fingerprint density at radius 3 is 2.76 bits per heavy atom. The topological polar surface area (TPSA) is 46.8 Å². The number of H-pyrrole nitrogens is 1. The molecule has 0 aliphatic heterocycles. The molecule has 1 N–H and O–H groups in total. The van der Waals surface area contributed by atoms with E-state index < -0.39 is 5.82 Å². The molecule has 0 saturated heterocycles. The van der Waals surface area contributed by atoms with Crippen molar-refractivity contribution >= 4 is 34.9 Å². The molecular weight excluding hydrogens is 313 g/mol. The van der Waals surface area contributed by atoms with Gasteiger partial charge in [-0.25, -0.2) is 4.39 Å². The summed E-state index contributed by atoms with van der Waals surface area (Å²) in [5.74, 6) is 0.266. The highest BCUT2D eigenvalue weighted by Crippen LogP contribution is 2.30. The number of aromatic nitrogens is 3. The summed E-state index contributed by atoms with van der Waals surface area (Å²) in [6.07, 6.45) is 0. The van der Waals surface area contributed by atoms with E-state index in [-0.39, 0.29) is 11.1 Å². The lowest BCUT2D eigenvalue weighted by molar-refractivity contribution is 0.391. The molecule has 0 bridgehead atoms. The number of aromatic amines is 1. The number of hydrogen-bond acceptors (Lipinski definition) is 3. The van der Waals surface area contributed by atoms with E-state index in [0.717, 1.165) is 22.5 Å². The maximum atomic E-state index is 13.6. The lowest BCUT2D eigenvalue weighted by Gasteiger charge is -2.14. The van der Waals surface area contributed by atoms with Gasteiger partial charge in [-0.2, -0.15) is 0 Å². The fourth-order valence-electron chi connectivity index (χ4n) is 2.72. The first-order chi connectivity index (χ1) is 9.90. The van der Waals surface area contributed by atoms with Crippen molar-refractivity contribution in [2.75, 3.05) is 0 Å². The van der Waals surface area contributed by atoms with Crippen LogP contribution < -0.4 is 0 Å². The van der Waals surface area contributed by atoms with E-state index in [9.17, 15) is 4.39 Å². The Kier molecular flexibility index (Phi) is 3.37. The number of imidazole rings is 1. The summed E-state index contributed by atoms with van der Waals surface area (Å²) in [6.45, 7) is 5.73. The summed E-state index contributed by atoms with van der Waals surface area (Å²) in [5, 5.41) is 4.04. The number of aryl methyl sites for hydroxylation is 2. The Morgan fingerprint density at radius 2 is 2.14 bits per heavy atom. The predicted octanol–water partition coefficient (Wildman–Crippen LogP) is 4.71. The molecule has 1 aromatic carbocycles. The molecule has 0 saturated carbocycles. The van der Waals surface area contributed by atoms with Crippen LogP contribution in [0.5, 0.6) is 0 Å². The van der Waals surface area contributed by atoms with Gasteiger partial charge in [0.15, 0.2) is 4.77 Å². The minimum atomic E-state index is -0.474. The fraction of sp³-hybridized carbons (Fsp3) is 0.286. The highest BCUT2D eigenvalue weighted by molar-refractivity contribution is 7.71. The minimum absolute atomic E-state index is 0.0659. The molecule has 2 aromatic heterocycles. The smallest absolute Gasteiger partial charge is 0.178 e. The normalized spacial score (nSPS) is 13.0. The number of hydrogen-bond donors (Lipinski definition) is 1. The van der Waals surface area contributed by atoms with Gasteiger partial charge in [0.25, 0.3) is 0 Å². The van der Waals surface area contributed by atoms with Crippen LogP contribution in [0.4, 0.5) is 4.39 Å². The summed E-state index contributed by atoms with van der Waals surface area (Å²) in [7, 11) is 0. The van der Waals surface area contributed by atoms with Crippen molar-refractivity contribution in [2.45, 2.75) is 26.8 Å². The van der Waals surface area contributed by atoms with Crippen molar-refractivity contribution < 1.29 is 8.91 Å². The van der Waals surface area contributed by atoms with Crippen LogP contribution in [0.25, 0.3) is 11.0 Å². The standard InChI is InChI=1S/C14H13ClFN3OS/c1-6-13(8(3)20-18-6)7(2)19-12-4-9(15)10(16)5-11(12)17-14(19)21/h4-5,7H,1-3H3,(H,17,21). The van der Waals surface area contributed by atoms with Gasteiger partial charge in [-0.1, -0.05) is 16.8 Å². The SMILES string of the molecule is Cc1noc(C)c1C(C)n1c(=S)[nH]c2cc(F)c(Cl)cc21. The van der Waals surface area contributed by atoms with E-state index in [1.807, 2.05) is 25.3 Å². The first kappa shape index (κ1) is 14.3. The highest BCUT2D eigenvalue weighted by Gasteiger charge is 2.21. The number of fused-ring (bicyclic) bond motifs is 1. The Labute approximate surface area is 130 Å². The number of nitrogens with zero attached hydrogens (tertiary/aromatic N) is 2. The van der Waals surface area contributed by atoms with Crippen LogP contribution in [-0.2, 0) is 0 Å². The third-order valence-corrected chi connectivity index (χ3v) is 4.24. The quantitative estimate of drug-likeness (QED) is 0.694. The molecule has 21 heavy (non-hydrogen) atoms. The molecule has 1 unspecified atom stereocenters. The van der Waals surface area contributed by atoms with Gasteiger partial charge in [0.1, 0.15) is 11.6 Å². The summed E-state index contributed by atoms with van der Waals surface area (Å²) in [4.78, 5) is 3.00. The number of nitrogens with one attached hydrogen (secondary N) is 1. The van der Waals surface area contributed by atoms with E-state index in [1.165, 1.54) is 6.07 Å². The monoisotopic (exact) mass is 325 g/mol. The molecule has 7 heteroatoms. The summed E-state index contributed by atoms with van der Waals surface area (Å²) in [5.41, 5.74) is 3.14. The summed E-state index contributed by atoms with van der Waals surface area (Å²) < 4.78 is 21.2. The lowest BCUT2D eigenvalue weighted by atomic mass is 10.1. The van der Waals surface area contributed by atoms with Crippen molar-refractivity contribution in [3.05, 3.63) is 44.8 Å². The first-order valence-corrected chi connectivity index (χ1v) is 7.20. The van der Waals surface area contributed by atoms with Crippen molar-refractivity contribution in [1.29, 1.82) is 0 Å². The van der Waals surface area contributed by atoms with Crippen LogP contribution in [0.3, 0.4) is 0 Å². The molecular formula is C14H13ClFN3OS. The average Bonchev–Trinajstić information content (AvgIpc) is 2.89. The molecule has 0 aliphatic rings. The van der Waals surface area contributed by atoms with Crippen molar-refractivity contribution in [2.24, 2.45) is 0 Å². The first-order valence-electron chi connectivity index (χ1n) is 6.42. The van der Waals surface area contributed by atoms with Crippen molar-refractivity contribution in [3.8, 4) is 0 Å². The van der Waals surface area contributed by atoms with Gasteiger partial charge < -0.3 is 14.1 Å². The van der Waals surface area contributed by atoms with Gasteiger partial charge in [0.05, 0.1) is 27.8 Å². The van der Waals surface area contributed by atoms with Crippen LogP contribution in [-0.4, -0.2) is 14.7 Å². The third kappa shape index (κ3) is 2.18. The second-order valence-corrected chi connectivity index (χ2v) is 5.79. The molecule has 0 amide bonds. The van der Waals surface area contributed by atoms with E-state index in [0.29, 0.717) is 10.3 Å². The van der Waals surface area contributed by atoms with E-state index in [4.69, 9.17) is 28.3 Å².